The van der Waals surface area contributed by atoms with Crippen LogP contribution in [0.5, 0.6) is 0 Å². The number of rotatable bonds is 5. The van der Waals surface area contributed by atoms with Crippen LogP contribution in [-0.2, 0) is 11.3 Å². The van der Waals surface area contributed by atoms with E-state index in [-0.39, 0.29) is 5.91 Å². The number of carbonyl (C=O) groups excluding carboxylic acids is 1. The van der Waals surface area contributed by atoms with E-state index in [0.717, 1.165) is 21.7 Å². The minimum Gasteiger partial charge on any atom is -0.352 e. The zero-order valence-electron chi connectivity index (χ0n) is 13.4. The van der Waals surface area contributed by atoms with Crippen molar-refractivity contribution in [2.75, 3.05) is 0 Å². The Morgan fingerprint density at radius 1 is 1.13 bits per heavy atom. The lowest BCUT2D eigenvalue weighted by Crippen LogP contribution is -2.23. The van der Waals surface area contributed by atoms with Crippen LogP contribution >= 0.6 is 11.3 Å². The zero-order chi connectivity index (χ0) is 16.2. The summed E-state index contributed by atoms with van der Waals surface area (Å²) in [5.41, 5.74) is 3.26. The zero-order valence-corrected chi connectivity index (χ0v) is 14.2. The van der Waals surface area contributed by atoms with Gasteiger partial charge in [-0.2, -0.15) is 0 Å². The predicted octanol–water partition coefficient (Wildman–Crippen LogP) is 4.63. The van der Waals surface area contributed by atoms with Gasteiger partial charge in [0.05, 0.1) is 10.2 Å². The first kappa shape index (κ1) is 15.7. The van der Waals surface area contributed by atoms with Gasteiger partial charge in [0, 0.05) is 18.5 Å². The largest absolute Gasteiger partial charge is 0.352 e. The van der Waals surface area contributed by atoms with Crippen LogP contribution in [0.3, 0.4) is 0 Å². The van der Waals surface area contributed by atoms with Crippen molar-refractivity contribution in [1.29, 1.82) is 0 Å². The maximum atomic E-state index is 11.7. The Labute approximate surface area is 140 Å². The molecule has 0 atom stereocenters. The monoisotopic (exact) mass is 324 g/mol. The summed E-state index contributed by atoms with van der Waals surface area (Å²) in [6.45, 7) is 4.67. The minimum atomic E-state index is 0.107. The number of nitrogens with zero attached hydrogens (tertiary/aromatic N) is 1. The van der Waals surface area contributed by atoms with Gasteiger partial charge in [-0.3, -0.25) is 4.79 Å². The molecule has 118 valence electrons. The van der Waals surface area contributed by atoms with Crippen LogP contribution in [0.1, 0.15) is 25.8 Å². The third-order valence-electron chi connectivity index (χ3n) is 3.58. The Bertz CT molecular complexity index is 773. The van der Waals surface area contributed by atoms with Crippen molar-refractivity contribution < 1.29 is 4.79 Å². The first-order valence-electron chi connectivity index (χ1n) is 7.83. The van der Waals surface area contributed by atoms with Gasteiger partial charge < -0.3 is 5.32 Å². The van der Waals surface area contributed by atoms with Gasteiger partial charge in [-0.05, 0) is 23.6 Å². The van der Waals surface area contributed by atoms with Crippen LogP contribution in [0, 0.1) is 5.92 Å². The number of amides is 1. The minimum absolute atomic E-state index is 0.107. The van der Waals surface area contributed by atoms with Gasteiger partial charge in [-0.1, -0.05) is 50.2 Å². The molecule has 3 nitrogen and oxygen atoms in total. The highest BCUT2D eigenvalue weighted by Crippen LogP contribution is 2.29. The fourth-order valence-corrected chi connectivity index (χ4v) is 3.38. The Kier molecular flexibility index (Phi) is 4.72. The van der Waals surface area contributed by atoms with Gasteiger partial charge in [0.2, 0.25) is 5.91 Å². The smallest absolute Gasteiger partial charge is 0.220 e. The Hall–Kier alpha value is -2.20. The molecule has 1 heterocycles. The number of thiazole rings is 1. The number of hydrogen-bond acceptors (Lipinski definition) is 3. The highest BCUT2D eigenvalue weighted by atomic mass is 32.1. The van der Waals surface area contributed by atoms with Gasteiger partial charge in [0.25, 0.3) is 0 Å². The number of benzene rings is 2. The van der Waals surface area contributed by atoms with Crippen molar-refractivity contribution in [2.45, 2.75) is 26.8 Å². The van der Waals surface area contributed by atoms with Crippen LogP contribution in [0.15, 0.2) is 48.5 Å². The van der Waals surface area contributed by atoms with Gasteiger partial charge in [0.15, 0.2) is 0 Å². The van der Waals surface area contributed by atoms with Gasteiger partial charge >= 0.3 is 0 Å². The molecule has 0 saturated heterocycles. The van der Waals surface area contributed by atoms with E-state index in [4.69, 9.17) is 0 Å². The number of aromatic nitrogens is 1. The fourth-order valence-electron chi connectivity index (χ4n) is 2.40. The summed E-state index contributed by atoms with van der Waals surface area (Å²) in [5, 5.41) is 3.99. The van der Waals surface area contributed by atoms with E-state index < -0.39 is 0 Å². The molecule has 0 fully saturated rings. The van der Waals surface area contributed by atoms with E-state index in [2.05, 4.69) is 40.6 Å². The second-order valence-electron chi connectivity index (χ2n) is 6.06. The van der Waals surface area contributed by atoms with Crippen molar-refractivity contribution >= 4 is 27.5 Å². The summed E-state index contributed by atoms with van der Waals surface area (Å²) < 4.78 is 1.20. The molecule has 1 aromatic heterocycles. The molecule has 23 heavy (non-hydrogen) atoms. The molecule has 1 amide bonds. The molecule has 0 radical (unpaired) electrons. The lowest BCUT2D eigenvalue weighted by molar-refractivity contribution is -0.121. The first-order chi connectivity index (χ1) is 11.1. The molecule has 1 N–H and O–H groups in total. The second-order valence-corrected chi connectivity index (χ2v) is 7.09. The molecular formula is C19H20N2OS. The van der Waals surface area contributed by atoms with Crippen molar-refractivity contribution in [1.82, 2.24) is 10.3 Å². The first-order valence-corrected chi connectivity index (χ1v) is 8.65. The molecule has 0 aliphatic heterocycles. The summed E-state index contributed by atoms with van der Waals surface area (Å²) in [7, 11) is 0. The molecule has 0 spiro atoms. The van der Waals surface area contributed by atoms with Crippen LogP contribution in [0.2, 0.25) is 0 Å². The van der Waals surface area contributed by atoms with E-state index in [9.17, 15) is 4.79 Å². The van der Waals surface area contributed by atoms with E-state index in [1.807, 2.05) is 32.0 Å². The quantitative estimate of drug-likeness (QED) is 0.744. The highest BCUT2D eigenvalue weighted by molar-refractivity contribution is 7.21. The predicted molar refractivity (Wildman–Crippen MR) is 96.4 cm³/mol. The molecule has 4 heteroatoms. The summed E-state index contributed by atoms with van der Waals surface area (Å²) in [6.07, 6.45) is 0.573. The van der Waals surface area contributed by atoms with Crippen molar-refractivity contribution in [3.05, 3.63) is 54.1 Å². The Morgan fingerprint density at radius 3 is 2.57 bits per heavy atom. The molecule has 0 unspecified atom stereocenters. The lowest BCUT2D eigenvalue weighted by Gasteiger charge is -2.07. The third-order valence-corrected chi connectivity index (χ3v) is 4.66. The van der Waals surface area contributed by atoms with Gasteiger partial charge in [0.1, 0.15) is 5.01 Å². The molecular weight excluding hydrogens is 304 g/mol. The van der Waals surface area contributed by atoms with E-state index in [0.29, 0.717) is 18.9 Å². The van der Waals surface area contributed by atoms with Crippen molar-refractivity contribution in [3.8, 4) is 10.6 Å². The number of nitrogens with one attached hydrogen (secondary N) is 1. The summed E-state index contributed by atoms with van der Waals surface area (Å²) in [4.78, 5) is 16.4. The summed E-state index contributed by atoms with van der Waals surface area (Å²) in [6, 6.07) is 16.4. The molecule has 2 aromatic carbocycles. The van der Waals surface area contributed by atoms with E-state index >= 15 is 0 Å². The lowest BCUT2D eigenvalue weighted by atomic mass is 10.1. The topological polar surface area (TPSA) is 42.0 Å². The third kappa shape index (κ3) is 3.96. The number of hydrogen-bond donors (Lipinski definition) is 1. The maximum Gasteiger partial charge on any atom is 0.220 e. The Morgan fingerprint density at radius 2 is 1.87 bits per heavy atom. The van der Waals surface area contributed by atoms with Gasteiger partial charge in [-0.25, -0.2) is 4.98 Å². The van der Waals surface area contributed by atoms with E-state index in [1.54, 1.807) is 11.3 Å². The normalized spacial score (nSPS) is 11.1. The summed E-state index contributed by atoms with van der Waals surface area (Å²) in [5.74, 6) is 0.492. The SMILES string of the molecule is CC(C)CC(=O)NCc1ccc(-c2nc3ccccc3s2)cc1. The highest BCUT2D eigenvalue weighted by Gasteiger charge is 2.07. The number of fused-ring (bicyclic) bond motifs is 1. The van der Waals surface area contributed by atoms with Crippen LogP contribution in [-0.4, -0.2) is 10.9 Å². The van der Waals surface area contributed by atoms with Crippen LogP contribution in [0.4, 0.5) is 0 Å². The summed E-state index contributed by atoms with van der Waals surface area (Å²) >= 11 is 1.70. The number of para-hydroxylation sites is 1. The molecule has 0 aliphatic carbocycles. The van der Waals surface area contributed by atoms with Crippen molar-refractivity contribution in [2.24, 2.45) is 5.92 Å². The fraction of sp³-hybridized carbons (Fsp3) is 0.263. The van der Waals surface area contributed by atoms with Crippen LogP contribution in [0.25, 0.3) is 20.8 Å². The molecule has 0 bridgehead atoms. The average molecular weight is 324 g/mol. The van der Waals surface area contributed by atoms with Gasteiger partial charge in [-0.15, -0.1) is 11.3 Å². The maximum absolute atomic E-state index is 11.7. The molecule has 0 saturated carbocycles. The average Bonchev–Trinajstić information content (AvgIpc) is 2.97. The van der Waals surface area contributed by atoms with Crippen LogP contribution < -0.4 is 5.32 Å². The molecule has 3 rings (SSSR count). The van der Waals surface area contributed by atoms with Crippen molar-refractivity contribution in [3.63, 3.8) is 0 Å². The standard InChI is InChI=1S/C19H20N2OS/c1-13(2)11-18(22)20-12-14-7-9-15(10-8-14)19-21-16-5-3-4-6-17(16)23-19/h3-10,13H,11-12H2,1-2H3,(H,20,22). The Balaban J connectivity index is 1.68. The molecule has 0 aliphatic rings. The van der Waals surface area contributed by atoms with E-state index in [1.165, 1.54) is 4.70 Å². The second kappa shape index (κ2) is 6.92. The molecule has 3 aromatic rings. The number of carbonyl (C=O) groups is 1.